The smallest absolute Gasteiger partial charge is 0.0602 e. The monoisotopic (exact) mass is 678 g/mol. The number of imidazole rings is 1. The minimum atomic E-state index is 0. The summed E-state index contributed by atoms with van der Waals surface area (Å²) in [5.41, 5.74) is 7.46. The molecule has 2 aromatic heterocycles. The molecule has 0 saturated heterocycles. The predicted molar refractivity (Wildman–Crippen MR) is 154 cm³/mol. The van der Waals surface area contributed by atoms with Gasteiger partial charge in [0.15, 0.2) is 0 Å². The summed E-state index contributed by atoms with van der Waals surface area (Å²) in [6, 6.07) is 31.9. The number of benzene rings is 4. The second kappa shape index (κ2) is 10.4. The van der Waals surface area contributed by atoms with Crippen LogP contribution >= 0.6 is 11.3 Å². The molecular weight excluding hydrogens is 649 g/mol. The van der Waals surface area contributed by atoms with Crippen LogP contribution in [0.3, 0.4) is 0 Å². The van der Waals surface area contributed by atoms with Crippen molar-refractivity contribution in [1.82, 2.24) is 9.55 Å². The molecule has 4 heteroatoms. The van der Waals surface area contributed by atoms with Crippen LogP contribution in [0.15, 0.2) is 91.3 Å². The molecule has 1 radical (unpaired) electrons. The molecule has 6 rings (SSSR count). The summed E-state index contributed by atoms with van der Waals surface area (Å²) in [6.45, 7) is 9.14. The fourth-order valence-electron chi connectivity index (χ4n) is 5.13. The van der Waals surface area contributed by atoms with Gasteiger partial charge >= 0.3 is 0 Å². The zero-order valence-electron chi connectivity index (χ0n) is 21.5. The molecule has 0 amide bonds. The molecule has 0 atom stereocenters. The summed E-state index contributed by atoms with van der Waals surface area (Å²) < 4.78 is 4.94. The van der Waals surface area contributed by atoms with E-state index in [0.29, 0.717) is 11.8 Å². The number of hydrogen-bond donors (Lipinski definition) is 0. The topological polar surface area (TPSA) is 17.8 Å². The van der Waals surface area contributed by atoms with E-state index in [2.05, 4.69) is 105 Å². The summed E-state index contributed by atoms with van der Waals surface area (Å²) in [6.07, 6.45) is 3.99. The van der Waals surface area contributed by atoms with Crippen LogP contribution in [0.25, 0.3) is 48.4 Å². The summed E-state index contributed by atoms with van der Waals surface area (Å²) in [7, 11) is 0. The maximum atomic E-state index is 4.73. The van der Waals surface area contributed by atoms with Crippen molar-refractivity contribution in [2.45, 2.75) is 39.5 Å². The van der Waals surface area contributed by atoms with E-state index >= 15 is 0 Å². The minimum Gasteiger partial charge on any atom is -0.340 e. The third-order valence-corrected chi connectivity index (χ3v) is 8.11. The van der Waals surface area contributed by atoms with E-state index in [1.807, 2.05) is 35.7 Å². The Balaban J connectivity index is 0.00000280. The van der Waals surface area contributed by atoms with Gasteiger partial charge in [-0.25, -0.2) is 0 Å². The number of rotatable bonds is 5. The predicted octanol–water partition coefficient (Wildman–Crippen LogP) is 9.62. The molecule has 0 saturated carbocycles. The Hall–Kier alpha value is -3.04. The molecule has 0 unspecified atom stereocenters. The van der Waals surface area contributed by atoms with E-state index in [1.165, 1.54) is 48.1 Å². The molecule has 0 aliphatic carbocycles. The van der Waals surface area contributed by atoms with E-state index in [9.17, 15) is 0 Å². The fourth-order valence-corrected chi connectivity index (χ4v) is 6.21. The summed E-state index contributed by atoms with van der Waals surface area (Å²) in [4.78, 5) is 4.73. The van der Waals surface area contributed by atoms with Crippen LogP contribution in [0.1, 0.15) is 50.7 Å². The van der Waals surface area contributed by atoms with Crippen molar-refractivity contribution in [1.29, 1.82) is 0 Å². The van der Waals surface area contributed by atoms with Gasteiger partial charge in [-0.3, -0.25) is 4.98 Å². The van der Waals surface area contributed by atoms with Crippen molar-refractivity contribution in [2.75, 3.05) is 0 Å². The van der Waals surface area contributed by atoms with Gasteiger partial charge in [-0.2, -0.15) is 0 Å². The number of thiophene rings is 1. The second-order valence-corrected chi connectivity index (χ2v) is 11.1. The molecule has 6 aromatic rings. The first-order valence-corrected chi connectivity index (χ1v) is 13.4. The fraction of sp³-hybridized carbons (Fsp3) is 0.182. The van der Waals surface area contributed by atoms with Crippen LogP contribution in [0.5, 0.6) is 0 Å². The van der Waals surface area contributed by atoms with Crippen LogP contribution in [0.4, 0.5) is 0 Å². The summed E-state index contributed by atoms with van der Waals surface area (Å²) >= 11 is 1.87. The first-order valence-electron chi connectivity index (χ1n) is 12.6. The second-order valence-electron chi connectivity index (χ2n) is 10.0. The molecular formula is C33H29IrN2S-. The van der Waals surface area contributed by atoms with E-state index in [1.54, 1.807) is 0 Å². The van der Waals surface area contributed by atoms with Gasteiger partial charge in [0.05, 0.1) is 5.82 Å². The van der Waals surface area contributed by atoms with Gasteiger partial charge in [-0.05, 0) is 64.4 Å². The van der Waals surface area contributed by atoms with Gasteiger partial charge in [0.25, 0.3) is 0 Å². The van der Waals surface area contributed by atoms with Crippen LogP contribution in [0.2, 0.25) is 0 Å². The summed E-state index contributed by atoms with van der Waals surface area (Å²) in [5.74, 6) is 1.65. The molecule has 0 N–H and O–H groups in total. The van der Waals surface area contributed by atoms with Crippen molar-refractivity contribution in [2.24, 2.45) is 0 Å². The van der Waals surface area contributed by atoms with E-state index < -0.39 is 0 Å². The molecule has 0 aliphatic rings. The molecule has 2 heterocycles. The van der Waals surface area contributed by atoms with Gasteiger partial charge in [0.1, 0.15) is 0 Å². The minimum absolute atomic E-state index is 0. The van der Waals surface area contributed by atoms with Crippen LogP contribution in [-0.4, -0.2) is 9.55 Å². The normalized spacial score (nSPS) is 11.5. The Morgan fingerprint density at radius 1 is 0.757 bits per heavy atom. The first-order chi connectivity index (χ1) is 17.5. The number of nitrogens with zero attached hydrogens (tertiary/aromatic N) is 2. The zero-order chi connectivity index (χ0) is 24.8. The van der Waals surface area contributed by atoms with Crippen molar-refractivity contribution in [3.05, 3.63) is 108 Å². The van der Waals surface area contributed by atoms with E-state index in [-0.39, 0.29) is 20.1 Å². The molecule has 0 bridgehead atoms. The van der Waals surface area contributed by atoms with Crippen molar-refractivity contribution < 1.29 is 20.1 Å². The standard InChI is InChI=1S/C33H29N2S.Ir/c1-21(2)27-19-25(24-14-15-31-29(18-24)26-12-8-9-13-30(26)36-31)20-28(22(3)4)32(27)35-17-16-34-33(35)23-10-6-5-7-11-23;/h5-10,12-22H,1-4H3;/q-1;. The first kappa shape index (κ1) is 25.6. The Morgan fingerprint density at radius 2 is 1.46 bits per heavy atom. The van der Waals surface area contributed by atoms with Crippen molar-refractivity contribution in [3.63, 3.8) is 0 Å². The third-order valence-electron chi connectivity index (χ3n) is 6.95. The average Bonchev–Trinajstić information content (AvgIpc) is 3.53. The molecule has 0 aliphatic heterocycles. The zero-order valence-corrected chi connectivity index (χ0v) is 24.7. The molecule has 2 nitrogen and oxygen atoms in total. The van der Waals surface area contributed by atoms with E-state index in [4.69, 9.17) is 4.98 Å². The Bertz CT molecular complexity index is 1660. The Kier molecular flexibility index (Phi) is 7.18. The van der Waals surface area contributed by atoms with Crippen LogP contribution < -0.4 is 0 Å². The van der Waals surface area contributed by atoms with Gasteiger partial charge in [-0.1, -0.05) is 52.0 Å². The van der Waals surface area contributed by atoms with Crippen molar-refractivity contribution in [3.8, 4) is 28.2 Å². The molecule has 37 heavy (non-hydrogen) atoms. The van der Waals surface area contributed by atoms with Crippen LogP contribution in [-0.2, 0) is 20.1 Å². The summed E-state index contributed by atoms with van der Waals surface area (Å²) in [5, 5.41) is 2.68. The van der Waals surface area contributed by atoms with Gasteiger partial charge in [0.2, 0.25) is 0 Å². The number of fused-ring (bicyclic) bond motifs is 3. The quantitative estimate of drug-likeness (QED) is 0.166. The molecule has 0 spiro atoms. The maximum absolute atomic E-state index is 4.73. The van der Waals surface area contributed by atoms with Gasteiger partial charge in [0, 0.05) is 58.4 Å². The average molecular weight is 678 g/mol. The number of aromatic nitrogens is 2. The van der Waals surface area contributed by atoms with Gasteiger partial charge in [-0.15, -0.1) is 47.2 Å². The van der Waals surface area contributed by atoms with Crippen molar-refractivity contribution >= 4 is 31.5 Å². The third kappa shape index (κ3) is 4.59. The SMILES string of the molecule is CC(C)c1cc(-c2ccc3sc4ccccc4c3c2)cc(C(C)C)c1-n1ccnc1-c1[c-]cccc1.[Ir]. The Morgan fingerprint density at radius 3 is 2.16 bits per heavy atom. The van der Waals surface area contributed by atoms with Gasteiger partial charge < -0.3 is 4.57 Å². The molecule has 0 fully saturated rings. The number of hydrogen-bond acceptors (Lipinski definition) is 2. The molecule has 4 aromatic carbocycles. The molecule has 187 valence electrons. The largest absolute Gasteiger partial charge is 0.340 e. The Labute approximate surface area is 236 Å². The maximum Gasteiger partial charge on any atom is 0.0602 e. The van der Waals surface area contributed by atoms with Crippen LogP contribution in [0, 0.1) is 6.07 Å². The van der Waals surface area contributed by atoms with E-state index in [0.717, 1.165) is 11.4 Å².